The summed E-state index contributed by atoms with van der Waals surface area (Å²) in [5.74, 6) is 0.996. The first-order valence-corrected chi connectivity index (χ1v) is 6.85. The number of unbranched alkanes of at least 4 members (excludes halogenated alkanes) is 1. The van der Waals surface area contributed by atoms with Gasteiger partial charge in [0.05, 0.1) is 6.61 Å². The molecule has 0 heterocycles. The first-order valence-electron chi connectivity index (χ1n) is 6.85. The normalized spacial score (nSPS) is 10.6. The predicted molar refractivity (Wildman–Crippen MR) is 77.2 cm³/mol. The van der Waals surface area contributed by atoms with Crippen molar-refractivity contribution in [2.24, 2.45) is 0 Å². The van der Waals surface area contributed by atoms with E-state index in [2.05, 4.69) is 35.8 Å². The first-order chi connectivity index (χ1) is 8.77. The summed E-state index contributed by atoms with van der Waals surface area (Å²) >= 11 is 0. The summed E-state index contributed by atoms with van der Waals surface area (Å²) < 4.78 is 5.53. The van der Waals surface area contributed by atoms with Gasteiger partial charge in [-0.15, -0.1) is 0 Å². The van der Waals surface area contributed by atoms with Crippen LogP contribution in [0.15, 0.2) is 18.2 Å². The number of nitrogens with one attached hydrogen (secondary N) is 2. The molecule has 0 spiro atoms. The highest BCUT2D eigenvalue weighted by Crippen LogP contribution is 2.18. The van der Waals surface area contributed by atoms with Crippen LogP contribution in [-0.4, -0.2) is 26.7 Å². The third-order valence-corrected chi connectivity index (χ3v) is 2.90. The molecule has 1 aromatic carbocycles. The van der Waals surface area contributed by atoms with Crippen LogP contribution < -0.4 is 15.4 Å². The number of benzene rings is 1. The average molecular weight is 250 g/mol. The van der Waals surface area contributed by atoms with Gasteiger partial charge < -0.3 is 15.4 Å². The van der Waals surface area contributed by atoms with E-state index in [0.717, 1.165) is 32.0 Å². The lowest BCUT2D eigenvalue weighted by molar-refractivity contribution is 0.338. The molecular formula is C15H26N2O. The molecular weight excluding hydrogens is 224 g/mol. The van der Waals surface area contributed by atoms with E-state index in [9.17, 15) is 0 Å². The van der Waals surface area contributed by atoms with Crippen molar-refractivity contribution in [3.05, 3.63) is 29.3 Å². The number of hydrogen-bond acceptors (Lipinski definition) is 3. The fourth-order valence-electron chi connectivity index (χ4n) is 1.92. The summed E-state index contributed by atoms with van der Waals surface area (Å²) in [6, 6.07) is 6.40. The molecule has 3 nitrogen and oxygen atoms in total. The molecule has 0 aliphatic heterocycles. The van der Waals surface area contributed by atoms with Crippen LogP contribution >= 0.6 is 0 Å². The maximum absolute atomic E-state index is 5.53. The fourth-order valence-corrected chi connectivity index (χ4v) is 1.92. The van der Waals surface area contributed by atoms with Crippen molar-refractivity contribution in [1.29, 1.82) is 0 Å². The summed E-state index contributed by atoms with van der Waals surface area (Å²) in [6.45, 7) is 7.95. The second-order valence-electron chi connectivity index (χ2n) is 4.52. The molecule has 2 N–H and O–H groups in total. The molecule has 0 aliphatic carbocycles. The summed E-state index contributed by atoms with van der Waals surface area (Å²) in [5.41, 5.74) is 2.54. The zero-order valence-electron chi connectivity index (χ0n) is 11.9. The molecule has 18 heavy (non-hydrogen) atoms. The van der Waals surface area contributed by atoms with Crippen molar-refractivity contribution in [2.45, 2.75) is 33.2 Å². The van der Waals surface area contributed by atoms with Gasteiger partial charge in [0, 0.05) is 6.54 Å². The molecule has 0 aliphatic rings. The standard InChI is InChI=1S/C15H26N2O/c1-4-18-15-8-7-14(11-13(15)2)12-17-10-6-5-9-16-3/h7-8,11,16-17H,4-6,9-10,12H2,1-3H3. The van der Waals surface area contributed by atoms with Gasteiger partial charge in [0.1, 0.15) is 5.75 Å². The number of aryl methyl sites for hydroxylation is 1. The van der Waals surface area contributed by atoms with Crippen molar-refractivity contribution in [3.63, 3.8) is 0 Å². The maximum atomic E-state index is 5.53. The third-order valence-electron chi connectivity index (χ3n) is 2.90. The van der Waals surface area contributed by atoms with Crippen molar-refractivity contribution in [1.82, 2.24) is 10.6 Å². The Morgan fingerprint density at radius 2 is 1.94 bits per heavy atom. The Morgan fingerprint density at radius 3 is 2.61 bits per heavy atom. The van der Waals surface area contributed by atoms with Crippen molar-refractivity contribution in [3.8, 4) is 5.75 Å². The Balaban J connectivity index is 2.28. The molecule has 0 unspecified atom stereocenters. The van der Waals surface area contributed by atoms with Gasteiger partial charge in [-0.25, -0.2) is 0 Å². The minimum absolute atomic E-state index is 0.726. The lowest BCUT2D eigenvalue weighted by Gasteiger charge is -2.10. The van der Waals surface area contributed by atoms with Gasteiger partial charge in [-0.1, -0.05) is 12.1 Å². The number of ether oxygens (including phenoxy) is 1. The molecule has 1 aromatic rings. The van der Waals surface area contributed by atoms with Gasteiger partial charge in [-0.3, -0.25) is 0 Å². The highest BCUT2D eigenvalue weighted by Gasteiger charge is 2.00. The lowest BCUT2D eigenvalue weighted by atomic mass is 10.1. The molecule has 0 saturated heterocycles. The molecule has 1 rings (SSSR count). The topological polar surface area (TPSA) is 33.3 Å². The molecule has 0 amide bonds. The van der Waals surface area contributed by atoms with Gasteiger partial charge in [-0.05, 0) is 64.0 Å². The first kappa shape index (κ1) is 15.0. The molecule has 0 saturated carbocycles. The van der Waals surface area contributed by atoms with Crippen molar-refractivity contribution < 1.29 is 4.74 Å². The largest absolute Gasteiger partial charge is 0.494 e. The summed E-state index contributed by atoms with van der Waals surface area (Å²) in [4.78, 5) is 0. The van der Waals surface area contributed by atoms with Crippen LogP contribution in [0.1, 0.15) is 30.9 Å². The van der Waals surface area contributed by atoms with Crippen LogP contribution in [-0.2, 0) is 6.54 Å². The molecule has 0 atom stereocenters. The van der Waals surface area contributed by atoms with Gasteiger partial charge in [0.2, 0.25) is 0 Å². The third kappa shape index (κ3) is 5.52. The van der Waals surface area contributed by atoms with Gasteiger partial charge in [-0.2, -0.15) is 0 Å². The number of rotatable bonds is 9. The average Bonchev–Trinajstić information content (AvgIpc) is 2.37. The summed E-state index contributed by atoms with van der Waals surface area (Å²) in [6.07, 6.45) is 2.45. The Kier molecular flexibility index (Phi) is 7.46. The van der Waals surface area contributed by atoms with Gasteiger partial charge >= 0.3 is 0 Å². The minimum Gasteiger partial charge on any atom is -0.494 e. The Hall–Kier alpha value is -1.06. The fraction of sp³-hybridized carbons (Fsp3) is 0.600. The zero-order valence-corrected chi connectivity index (χ0v) is 11.9. The van der Waals surface area contributed by atoms with E-state index < -0.39 is 0 Å². The van der Waals surface area contributed by atoms with E-state index in [0.29, 0.717) is 0 Å². The van der Waals surface area contributed by atoms with E-state index in [1.165, 1.54) is 24.0 Å². The molecule has 0 aromatic heterocycles. The molecule has 3 heteroatoms. The van der Waals surface area contributed by atoms with Crippen molar-refractivity contribution >= 4 is 0 Å². The van der Waals surface area contributed by atoms with E-state index >= 15 is 0 Å². The lowest BCUT2D eigenvalue weighted by Crippen LogP contribution is -2.16. The van der Waals surface area contributed by atoms with Crippen LogP contribution in [0.4, 0.5) is 0 Å². The van der Waals surface area contributed by atoms with Crippen LogP contribution in [0.3, 0.4) is 0 Å². The Morgan fingerprint density at radius 1 is 1.17 bits per heavy atom. The monoisotopic (exact) mass is 250 g/mol. The van der Waals surface area contributed by atoms with Crippen LogP contribution in [0.2, 0.25) is 0 Å². The van der Waals surface area contributed by atoms with Gasteiger partial charge in [0.25, 0.3) is 0 Å². The highest BCUT2D eigenvalue weighted by atomic mass is 16.5. The predicted octanol–water partition coefficient (Wildman–Crippen LogP) is 2.48. The van der Waals surface area contributed by atoms with E-state index in [4.69, 9.17) is 4.74 Å². The smallest absolute Gasteiger partial charge is 0.122 e. The molecule has 0 bridgehead atoms. The quantitative estimate of drug-likeness (QED) is 0.661. The Labute approximate surface area is 111 Å². The van der Waals surface area contributed by atoms with Gasteiger partial charge in [0.15, 0.2) is 0 Å². The van der Waals surface area contributed by atoms with Crippen LogP contribution in [0.5, 0.6) is 5.75 Å². The summed E-state index contributed by atoms with van der Waals surface area (Å²) in [7, 11) is 2.00. The zero-order chi connectivity index (χ0) is 13.2. The second-order valence-corrected chi connectivity index (χ2v) is 4.52. The summed E-state index contributed by atoms with van der Waals surface area (Å²) in [5, 5.41) is 6.63. The van der Waals surface area contributed by atoms with E-state index in [-0.39, 0.29) is 0 Å². The van der Waals surface area contributed by atoms with E-state index in [1.54, 1.807) is 0 Å². The van der Waals surface area contributed by atoms with Crippen molar-refractivity contribution in [2.75, 3.05) is 26.7 Å². The SMILES string of the molecule is CCOc1ccc(CNCCCCNC)cc1C. The van der Waals surface area contributed by atoms with E-state index in [1.807, 2.05) is 14.0 Å². The minimum atomic E-state index is 0.726. The molecule has 102 valence electrons. The molecule has 0 fully saturated rings. The molecule has 0 radical (unpaired) electrons. The van der Waals surface area contributed by atoms with Crippen LogP contribution in [0, 0.1) is 6.92 Å². The van der Waals surface area contributed by atoms with Crippen LogP contribution in [0.25, 0.3) is 0 Å². The Bertz CT molecular complexity index is 339. The maximum Gasteiger partial charge on any atom is 0.122 e. The number of hydrogen-bond donors (Lipinski definition) is 2. The second kappa shape index (κ2) is 8.95. The highest BCUT2D eigenvalue weighted by molar-refractivity contribution is 5.36.